The van der Waals surface area contributed by atoms with Crippen molar-refractivity contribution in [1.82, 2.24) is 24.9 Å². The van der Waals surface area contributed by atoms with Crippen LogP contribution in [0.2, 0.25) is 0 Å². The van der Waals surface area contributed by atoms with Crippen molar-refractivity contribution >= 4 is 11.7 Å². The molecule has 1 aliphatic rings. The molecule has 0 saturated carbocycles. The number of carbonyl (C=O) groups is 1. The van der Waals surface area contributed by atoms with Crippen LogP contribution in [0.4, 0.5) is 10.2 Å². The van der Waals surface area contributed by atoms with Crippen molar-refractivity contribution in [3.8, 4) is 11.6 Å². The summed E-state index contributed by atoms with van der Waals surface area (Å²) in [6.07, 6.45) is 0. The highest BCUT2D eigenvalue weighted by Crippen LogP contribution is 2.20. The zero-order valence-electron chi connectivity index (χ0n) is 17.2. The van der Waals surface area contributed by atoms with Crippen LogP contribution in [0, 0.1) is 19.7 Å². The normalized spacial score (nSPS) is 14.1. The Labute approximate surface area is 173 Å². The summed E-state index contributed by atoms with van der Waals surface area (Å²) in [7, 11) is 1.39. The number of nitrogens with zero attached hydrogens (tertiary/aromatic N) is 6. The molecule has 0 bridgehead atoms. The molecular formula is C21H23FN6O2. The van der Waals surface area contributed by atoms with Gasteiger partial charge in [0.05, 0.1) is 12.8 Å². The molecule has 2 aromatic heterocycles. The molecule has 0 spiro atoms. The van der Waals surface area contributed by atoms with E-state index in [4.69, 9.17) is 4.74 Å². The lowest BCUT2D eigenvalue weighted by molar-refractivity contribution is 0.0746. The van der Waals surface area contributed by atoms with Crippen LogP contribution in [0.3, 0.4) is 0 Å². The van der Waals surface area contributed by atoms with Gasteiger partial charge in [0, 0.05) is 37.4 Å². The van der Waals surface area contributed by atoms with Gasteiger partial charge in [0.15, 0.2) is 23.2 Å². The third-order valence-electron chi connectivity index (χ3n) is 5.15. The summed E-state index contributed by atoms with van der Waals surface area (Å²) in [6.45, 7) is 6.20. The van der Waals surface area contributed by atoms with Crippen LogP contribution in [0.5, 0.6) is 5.75 Å². The maximum Gasteiger partial charge on any atom is 0.254 e. The molecule has 4 rings (SSSR count). The van der Waals surface area contributed by atoms with E-state index in [-0.39, 0.29) is 11.7 Å². The van der Waals surface area contributed by atoms with E-state index in [1.807, 2.05) is 32.0 Å². The first-order chi connectivity index (χ1) is 14.5. The van der Waals surface area contributed by atoms with Crippen molar-refractivity contribution in [1.29, 1.82) is 0 Å². The first kappa shape index (κ1) is 19.8. The molecule has 0 atom stereocenters. The lowest BCUT2D eigenvalue weighted by Gasteiger charge is -2.35. The molecule has 3 aromatic rings. The highest BCUT2D eigenvalue weighted by Gasteiger charge is 2.24. The minimum atomic E-state index is -0.542. The number of aromatic nitrogens is 4. The molecular weight excluding hydrogens is 387 g/mol. The smallest absolute Gasteiger partial charge is 0.254 e. The number of anilines is 1. The number of hydrogen-bond acceptors (Lipinski definition) is 6. The van der Waals surface area contributed by atoms with Gasteiger partial charge >= 0.3 is 0 Å². The summed E-state index contributed by atoms with van der Waals surface area (Å²) in [5.41, 5.74) is 2.24. The number of halogens is 1. The molecule has 8 nitrogen and oxygen atoms in total. The highest BCUT2D eigenvalue weighted by atomic mass is 19.1. The molecule has 9 heteroatoms. The first-order valence-corrected chi connectivity index (χ1v) is 9.71. The number of amides is 1. The number of rotatable bonds is 4. The quantitative estimate of drug-likeness (QED) is 0.657. The summed E-state index contributed by atoms with van der Waals surface area (Å²) in [5, 5.41) is 13.1. The van der Waals surface area contributed by atoms with Gasteiger partial charge in [0.25, 0.3) is 5.91 Å². The fourth-order valence-corrected chi connectivity index (χ4v) is 3.58. The summed E-state index contributed by atoms with van der Waals surface area (Å²) in [6, 6.07) is 10.1. The molecule has 1 aliphatic heterocycles. The number of hydrogen-bond donors (Lipinski definition) is 0. The third kappa shape index (κ3) is 3.83. The van der Waals surface area contributed by atoms with Gasteiger partial charge in [0.1, 0.15) is 0 Å². The van der Waals surface area contributed by atoms with Gasteiger partial charge in [-0.3, -0.25) is 4.79 Å². The predicted octanol–water partition coefficient (Wildman–Crippen LogP) is 2.39. The maximum absolute atomic E-state index is 13.9. The van der Waals surface area contributed by atoms with E-state index in [1.54, 1.807) is 15.6 Å². The van der Waals surface area contributed by atoms with Crippen LogP contribution in [0.25, 0.3) is 5.82 Å². The fraction of sp³-hybridized carbons (Fsp3) is 0.333. The van der Waals surface area contributed by atoms with Gasteiger partial charge < -0.3 is 14.5 Å². The molecule has 1 amide bonds. The van der Waals surface area contributed by atoms with E-state index in [1.165, 1.54) is 19.2 Å². The molecule has 30 heavy (non-hydrogen) atoms. The Hall–Kier alpha value is -3.49. The number of benzene rings is 1. The lowest BCUT2D eigenvalue weighted by Crippen LogP contribution is -2.49. The topological polar surface area (TPSA) is 76.4 Å². The second-order valence-electron chi connectivity index (χ2n) is 7.22. The average molecular weight is 410 g/mol. The van der Waals surface area contributed by atoms with Crippen molar-refractivity contribution in [2.75, 3.05) is 38.2 Å². The Morgan fingerprint density at radius 3 is 2.27 bits per heavy atom. The van der Waals surface area contributed by atoms with Gasteiger partial charge in [-0.25, -0.2) is 9.07 Å². The summed E-state index contributed by atoms with van der Waals surface area (Å²) >= 11 is 0. The molecule has 3 heterocycles. The van der Waals surface area contributed by atoms with Crippen LogP contribution < -0.4 is 9.64 Å². The van der Waals surface area contributed by atoms with Gasteiger partial charge in [-0.2, -0.15) is 5.10 Å². The second kappa shape index (κ2) is 8.10. The predicted molar refractivity (Wildman–Crippen MR) is 110 cm³/mol. The number of ether oxygens (including phenoxy) is 1. The van der Waals surface area contributed by atoms with Crippen molar-refractivity contribution in [3.63, 3.8) is 0 Å². The van der Waals surface area contributed by atoms with Crippen molar-refractivity contribution in [2.45, 2.75) is 13.8 Å². The molecule has 156 valence electrons. The Morgan fingerprint density at radius 2 is 1.70 bits per heavy atom. The second-order valence-corrected chi connectivity index (χ2v) is 7.22. The highest BCUT2D eigenvalue weighted by molar-refractivity contribution is 5.94. The van der Waals surface area contributed by atoms with Crippen LogP contribution in [0.1, 0.15) is 21.7 Å². The summed E-state index contributed by atoms with van der Waals surface area (Å²) < 4.78 is 20.6. The molecule has 1 saturated heterocycles. The van der Waals surface area contributed by atoms with Crippen LogP contribution in [-0.4, -0.2) is 64.1 Å². The van der Waals surface area contributed by atoms with Gasteiger partial charge in [0.2, 0.25) is 0 Å². The number of methoxy groups -OCH3 is 1. The molecule has 1 aromatic carbocycles. The van der Waals surface area contributed by atoms with Gasteiger partial charge in [-0.15, -0.1) is 10.2 Å². The van der Waals surface area contributed by atoms with Crippen LogP contribution in [-0.2, 0) is 0 Å². The molecule has 0 unspecified atom stereocenters. The van der Waals surface area contributed by atoms with E-state index in [0.29, 0.717) is 37.6 Å². The van der Waals surface area contributed by atoms with E-state index in [0.717, 1.165) is 17.2 Å². The molecule has 1 fully saturated rings. The van der Waals surface area contributed by atoms with Gasteiger partial charge in [-0.05, 0) is 50.2 Å². The number of piperazine rings is 1. The Bertz CT molecular complexity index is 1060. The van der Waals surface area contributed by atoms with E-state index >= 15 is 0 Å². The molecule has 0 radical (unpaired) electrons. The zero-order valence-corrected chi connectivity index (χ0v) is 17.2. The number of aryl methyl sites for hydroxylation is 2. The van der Waals surface area contributed by atoms with Crippen molar-refractivity contribution in [3.05, 3.63) is 59.2 Å². The van der Waals surface area contributed by atoms with Crippen LogP contribution in [0.15, 0.2) is 36.4 Å². The van der Waals surface area contributed by atoms with E-state index in [9.17, 15) is 9.18 Å². The fourth-order valence-electron chi connectivity index (χ4n) is 3.58. The SMILES string of the molecule is COc1ccc(C(=O)N2CCN(c3ccc(-n4nc(C)cc4C)nn3)CC2)cc1F. The van der Waals surface area contributed by atoms with Crippen molar-refractivity contribution in [2.24, 2.45) is 0 Å². The third-order valence-corrected chi connectivity index (χ3v) is 5.15. The summed E-state index contributed by atoms with van der Waals surface area (Å²) in [4.78, 5) is 16.5. The average Bonchev–Trinajstić information content (AvgIpc) is 3.11. The Morgan fingerprint density at radius 1 is 1.00 bits per heavy atom. The standard InChI is InChI=1S/C21H23FN6O2/c1-14-12-15(2)28(25-14)20-7-6-19(23-24-20)26-8-10-27(11-9-26)21(29)16-4-5-18(30-3)17(22)13-16/h4-7,12-13H,8-11H2,1-3H3. The lowest BCUT2D eigenvalue weighted by atomic mass is 10.1. The van der Waals surface area contributed by atoms with E-state index < -0.39 is 5.82 Å². The number of carbonyl (C=O) groups excluding carboxylic acids is 1. The maximum atomic E-state index is 13.9. The summed E-state index contributed by atoms with van der Waals surface area (Å²) in [5.74, 6) is 0.809. The Kier molecular flexibility index (Phi) is 5.35. The van der Waals surface area contributed by atoms with Crippen molar-refractivity contribution < 1.29 is 13.9 Å². The monoisotopic (exact) mass is 410 g/mol. The van der Waals surface area contributed by atoms with Crippen LogP contribution >= 0.6 is 0 Å². The zero-order chi connectivity index (χ0) is 21.3. The molecule has 0 N–H and O–H groups in total. The Balaban J connectivity index is 1.40. The molecule has 0 aliphatic carbocycles. The van der Waals surface area contributed by atoms with E-state index in [2.05, 4.69) is 20.2 Å². The minimum absolute atomic E-state index is 0.124. The first-order valence-electron chi connectivity index (χ1n) is 9.71. The van der Waals surface area contributed by atoms with Gasteiger partial charge in [-0.1, -0.05) is 0 Å². The largest absolute Gasteiger partial charge is 0.494 e. The minimum Gasteiger partial charge on any atom is -0.494 e.